The van der Waals surface area contributed by atoms with Gasteiger partial charge in [0, 0.05) is 21.9 Å². The monoisotopic (exact) mass is 207 g/mol. The molecule has 74 valence electrons. The first-order valence-corrected chi connectivity index (χ1v) is 5.85. The molecule has 1 aliphatic heterocycles. The van der Waals surface area contributed by atoms with Crippen LogP contribution in [0, 0.1) is 0 Å². The fraction of sp³-hybridized carbons (Fsp3) is 0.455. The molecular formula is C11H13NOS. The van der Waals surface area contributed by atoms with Crippen molar-refractivity contribution in [3.8, 4) is 5.75 Å². The Hall–Kier alpha value is -0.830. The molecule has 0 atom stereocenters. The minimum Gasteiger partial charge on any atom is -0.508 e. The molecule has 2 aliphatic rings. The summed E-state index contributed by atoms with van der Waals surface area (Å²) in [5.74, 6) is 0.370. The molecule has 14 heavy (non-hydrogen) atoms. The van der Waals surface area contributed by atoms with Crippen LogP contribution in [0.3, 0.4) is 0 Å². The molecule has 1 aromatic carbocycles. The second-order valence-corrected chi connectivity index (χ2v) is 5.68. The lowest BCUT2D eigenvalue weighted by Gasteiger charge is -2.44. The third-order valence-corrected chi connectivity index (χ3v) is 4.70. The Morgan fingerprint density at radius 2 is 2.21 bits per heavy atom. The van der Waals surface area contributed by atoms with E-state index in [1.165, 1.54) is 29.8 Å². The molecule has 0 amide bonds. The standard InChI is InChI=1S/C11H13NOS/c13-8-2-3-9-10(6-8)14-11(7-12-9)4-1-5-11/h2-3,6,12-13H,1,4-5,7H2. The van der Waals surface area contributed by atoms with Crippen LogP contribution in [0.4, 0.5) is 5.69 Å². The molecule has 0 radical (unpaired) electrons. The summed E-state index contributed by atoms with van der Waals surface area (Å²) in [7, 11) is 0. The second-order valence-electron chi connectivity index (χ2n) is 4.17. The van der Waals surface area contributed by atoms with Crippen LogP contribution in [-0.2, 0) is 0 Å². The summed E-state index contributed by atoms with van der Waals surface area (Å²) < 4.78 is 0.431. The van der Waals surface area contributed by atoms with Gasteiger partial charge in [-0.3, -0.25) is 0 Å². The van der Waals surface area contributed by atoms with Gasteiger partial charge in [0.2, 0.25) is 0 Å². The highest BCUT2D eigenvalue weighted by Crippen LogP contribution is 2.52. The van der Waals surface area contributed by atoms with E-state index in [1.54, 1.807) is 6.07 Å². The smallest absolute Gasteiger partial charge is 0.116 e. The molecule has 1 saturated carbocycles. The van der Waals surface area contributed by atoms with Gasteiger partial charge in [-0.15, -0.1) is 11.8 Å². The average molecular weight is 207 g/mol. The number of nitrogens with one attached hydrogen (secondary N) is 1. The molecule has 0 unspecified atom stereocenters. The lowest BCUT2D eigenvalue weighted by molar-refractivity contribution is 0.376. The number of rotatable bonds is 0. The number of fused-ring (bicyclic) bond motifs is 1. The maximum absolute atomic E-state index is 9.41. The van der Waals surface area contributed by atoms with E-state index in [4.69, 9.17) is 0 Å². The average Bonchev–Trinajstić information content (AvgIpc) is 2.14. The van der Waals surface area contributed by atoms with Gasteiger partial charge in [0.1, 0.15) is 5.75 Å². The van der Waals surface area contributed by atoms with Crippen molar-refractivity contribution in [3.63, 3.8) is 0 Å². The van der Waals surface area contributed by atoms with Crippen molar-refractivity contribution >= 4 is 17.4 Å². The van der Waals surface area contributed by atoms with E-state index in [1.807, 2.05) is 23.9 Å². The van der Waals surface area contributed by atoms with Crippen LogP contribution in [0.5, 0.6) is 5.75 Å². The van der Waals surface area contributed by atoms with Crippen molar-refractivity contribution in [1.82, 2.24) is 0 Å². The quantitative estimate of drug-likeness (QED) is 0.642. The van der Waals surface area contributed by atoms with E-state index in [2.05, 4.69) is 5.32 Å². The zero-order chi connectivity index (χ0) is 9.60. The first-order chi connectivity index (χ1) is 6.77. The Morgan fingerprint density at radius 1 is 1.36 bits per heavy atom. The highest BCUT2D eigenvalue weighted by Gasteiger charge is 2.40. The summed E-state index contributed by atoms with van der Waals surface area (Å²) in [6, 6.07) is 5.57. The molecule has 1 heterocycles. The Balaban J connectivity index is 1.96. The van der Waals surface area contributed by atoms with Gasteiger partial charge in [-0.1, -0.05) is 6.42 Å². The van der Waals surface area contributed by atoms with Gasteiger partial charge in [-0.25, -0.2) is 0 Å². The Kier molecular flexibility index (Phi) is 1.71. The maximum atomic E-state index is 9.41. The number of hydrogen-bond donors (Lipinski definition) is 2. The number of anilines is 1. The van der Waals surface area contributed by atoms with Crippen molar-refractivity contribution in [1.29, 1.82) is 0 Å². The fourth-order valence-corrected chi connectivity index (χ4v) is 3.65. The van der Waals surface area contributed by atoms with Crippen LogP contribution in [0.15, 0.2) is 23.1 Å². The van der Waals surface area contributed by atoms with Crippen LogP contribution < -0.4 is 5.32 Å². The number of phenolic OH excluding ortho intramolecular Hbond substituents is 1. The minimum absolute atomic E-state index is 0.370. The molecule has 0 saturated heterocycles. The van der Waals surface area contributed by atoms with E-state index in [9.17, 15) is 5.11 Å². The molecule has 0 bridgehead atoms. The highest BCUT2D eigenvalue weighted by atomic mass is 32.2. The minimum atomic E-state index is 0.370. The molecule has 0 aromatic heterocycles. The predicted octanol–water partition coefficient (Wildman–Crippen LogP) is 2.83. The summed E-state index contributed by atoms with van der Waals surface area (Å²) in [6.45, 7) is 1.08. The van der Waals surface area contributed by atoms with Crippen molar-refractivity contribution < 1.29 is 5.11 Å². The summed E-state index contributed by atoms with van der Waals surface area (Å²) in [4.78, 5) is 1.20. The van der Waals surface area contributed by atoms with Gasteiger partial charge < -0.3 is 10.4 Å². The van der Waals surface area contributed by atoms with Gasteiger partial charge in [-0.2, -0.15) is 0 Å². The third-order valence-electron chi connectivity index (χ3n) is 3.16. The predicted molar refractivity (Wildman–Crippen MR) is 59.0 cm³/mol. The number of thioether (sulfide) groups is 1. The van der Waals surface area contributed by atoms with Crippen LogP contribution in [-0.4, -0.2) is 16.4 Å². The van der Waals surface area contributed by atoms with Crippen LogP contribution in [0.2, 0.25) is 0 Å². The summed E-state index contributed by atoms with van der Waals surface area (Å²) in [5, 5.41) is 12.9. The number of hydrogen-bond acceptors (Lipinski definition) is 3. The maximum Gasteiger partial charge on any atom is 0.116 e. The van der Waals surface area contributed by atoms with Gasteiger partial charge >= 0.3 is 0 Å². The molecular weight excluding hydrogens is 194 g/mol. The van der Waals surface area contributed by atoms with Crippen LogP contribution in [0.1, 0.15) is 19.3 Å². The molecule has 1 aromatic rings. The lowest BCUT2D eigenvalue weighted by atomic mass is 9.84. The lowest BCUT2D eigenvalue weighted by Crippen LogP contribution is -2.42. The Bertz CT molecular complexity index is 374. The fourth-order valence-electron chi connectivity index (χ4n) is 2.12. The Labute approximate surface area is 87.7 Å². The zero-order valence-electron chi connectivity index (χ0n) is 7.92. The molecule has 2 N–H and O–H groups in total. The van der Waals surface area contributed by atoms with Crippen molar-refractivity contribution in [3.05, 3.63) is 18.2 Å². The van der Waals surface area contributed by atoms with E-state index in [0.717, 1.165) is 6.54 Å². The van der Waals surface area contributed by atoms with E-state index < -0.39 is 0 Å². The SMILES string of the molecule is Oc1ccc2c(c1)SC1(CCC1)CN2. The summed E-state index contributed by atoms with van der Waals surface area (Å²) in [6.07, 6.45) is 3.96. The number of phenols is 1. The van der Waals surface area contributed by atoms with Crippen LogP contribution >= 0.6 is 11.8 Å². The van der Waals surface area contributed by atoms with Gasteiger partial charge in [0.05, 0.1) is 0 Å². The molecule has 2 nitrogen and oxygen atoms in total. The summed E-state index contributed by atoms with van der Waals surface area (Å²) in [5.41, 5.74) is 1.17. The normalized spacial score (nSPS) is 22.3. The number of benzene rings is 1. The van der Waals surface area contributed by atoms with Crippen molar-refractivity contribution in [2.75, 3.05) is 11.9 Å². The van der Waals surface area contributed by atoms with E-state index in [0.29, 0.717) is 10.5 Å². The van der Waals surface area contributed by atoms with Gasteiger partial charge in [-0.05, 0) is 31.0 Å². The molecule has 1 aliphatic carbocycles. The molecule has 1 fully saturated rings. The zero-order valence-corrected chi connectivity index (χ0v) is 8.73. The van der Waals surface area contributed by atoms with Gasteiger partial charge in [0.15, 0.2) is 0 Å². The van der Waals surface area contributed by atoms with E-state index >= 15 is 0 Å². The first kappa shape index (κ1) is 8.48. The number of aromatic hydroxyl groups is 1. The Morgan fingerprint density at radius 3 is 2.93 bits per heavy atom. The summed E-state index contributed by atoms with van der Waals surface area (Å²) >= 11 is 1.94. The van der Waals surface area contributed by atoms with Crippen molar-refractivity contribution in [2.45, 2.75) is 28.9 Å². The highest BCUT2D eigenvalue weighted by molar-refractivity contribution is 8.01. The third kappa shape index (κ3) is 1.19. The first-order valence-electron chi connectivity index (χ1n) is 5.03. The van der Waals surface area contributed by atoms with Crippen LogP contribution in [0.25, 0.3) is 0 Å². The van der Waals surface area contributed by atoms with E-state index in [-0.39, 0.29) is 0 Å². The largest absolute Gasteiger partial charge is 0.508 e. The molecule has 3 heteroatoms. The van der Waals surface area contributed by atoms with Crippen molar-refractivity contribution in [2.24, 2.45) is 0 Å². The molecule has 1 spiro atoms. The topological polar surface area (TPSA) is 32.3 Å². The van der Waals surface area contributed by atoms with Gasteiger partial charge in [0.25, 0.3) is 0 Å². The molecule has 3 rings (SSSR count). The second kappa shape index (κ2) is 2.83.